The van der Waals surface area contributed by atoms with Gasteiger partial charge in [0.05, 0.1) is 12.1 Å². The topological polar surface area (TPSA) is 53.1 Å². The number of nitrogens with zero attached hydrogens (tertiary/aromatic N) is 2. The van der Waals surface area contributed by atoms with E-state index in [-0.39, 0.29) is 6.04 Å². The first kappa shape index (κ1) is 10.6. The SMILES string of the molecule is CCn1ccnc1C(N)CC1CCCO1. The highest BCUT2D eigenvalue weighted by atomic mass is 16.5. The van der Waals surface area contributed by atoms with Crippen LogP contribution in [0.15, 0.2) is 12.4 Å². The van der Waals surface area contributed by atoms with Crippen LogP contribution in [0.4, 0.5) is 0 Å². The largest absolute Gasteiger partial charge is 0.378 e. The summed E-state index contributed by atoms with van der Waals surface area (Å²) in [6.07, 6.45) is 7.32. The van der Waals surface area contributed by atoms with E-state index in [1.807, 2.05) is 12.4 Å². The van der Waals surface area contributed by atoms with Gasteiger partial charge in [-0.25, -0.2) is 4.98 Å². The predicted octanol–water partition coefficient (Wildman–Crippen LogP) is 1.47. The fraction of sp³-hybridized carbons (Fsp3) is 0.727. The van der Waals surface area contributed by atoms with E-state index in [2.05, 4.69) is 16.5 Å². The monoisotopic (exact) mass is 209 g/mol. The van der Waals surface area contributed by atoms with Gasteiger partial charge in [-0.1, -0.05) is 0 Å². The van der Waals surface area contributed by atoms with Crippen LogP contribution in [0.2, 0.25) is 0 Å². The average molecular weight is 209 g/mol. The summed E-state index contributed by atoms with van der Waals surface area (Å²) in [4.78, 5) is 4.31. The Morgan fingerprint density at radius 2 is 2.60 bits per heavy atom. The highest BCUT2D eigenvalue weighted by Crippen LogP contribution is 2.22. The molecule has 1 fully saturated rings. The third-order valence-corrected chi connectivity index (χ3v) is 2.96. The Bertz CT molecular complexity index is 305. The molecule has 1 aromatic heterocycles. The fourth-order valence-corrected chi connectivity index (χ4v) is 2.14. The third kappa shape index (κ3) is 2.38. The van der Waals surface area contributed by atoms with Crippen molar-refractivity contribution < 1.29 is 4.74 Å². The van der Waals surface area contributed by atoms with E-state index in [0.717, 1.165) is 31.8 Å². The highest BCUT2D eigenvalue weighted by molar-refractivity contribution is 4.99. The zero-order valence-corrected chi connectivity index (χ0v) is 9.22. The van der Waals surface area contributed by atoms with Crippen LogP contribution in [-0.4, -0.2) is 22.3 Å². The molecule has 2 rings (SSSR count). The van der Waals surface area contributed by atoms with Crippen LogP contribution in [0.5, 0.6) is 0 Å². The highest BCUT2D eigenvalue weighted by Gasteiger charge is 2.21. The molecule has 2 atom stereocenters. The summed E-state index contributed by atoms with van der Waals surface area (Å²) >= 11 is 0. The minimum absolute atomic E-state index is 0.00282. The van der Waals surface area contributed by atoms with Gasteiger partial charge in [-0.2, -0.15) is 0 Å². The number of hydrogen-bond acceptors (Lipinski definition) is 3. The van der Waals surface area contributed by atoms with E-state index >= 15 is 0 Å². The summed E-state index contributed by atoms with van der Waals surface area (Å²) in [5, 5.41) is 0. The molecule has 2 heterocycles. The summed E-state index contributed by atoms with van der Waals surface area (Å²) in [5.74, 6) is 0.980. The second kappa shape index (κ2) is 4.77. The van der Waals surface area contributed by atoms with Gasteiger partial charge in [-0.3, -0.25) is 0 Å². The minimum atomic E-state index is 0.00282. The van der Waals surface area contributed by atoms with E-state index in [1.165, 1.54) is 6.42 Å². The summed E-state index contributed by atoms with van der Waals surface area (Å²) in [6, 6.07) is 0.00282. The minimum Gasteiger partial charge on any atom is -0.378 e. The second-order valence-corrected chi connectivity index (χ2v) is 4.05. The van der Waals surface area contributed by atoms with Crippen LogP contribution in [-0.2, 0) is 11.3 Å². The Morgan fingerprint density at radius 3 is 3.27 bits per heavy atom. The van der Waals surface area contributed by atoms with Crippen LogP contribution in [0.25, 0.3) is 0 Å². The molecule has 1 aliphatic rings. The molecule has 0 aromatic carbocycles. The summed E-state index contributed by atoms with van der Waals surface area (Å²) in [6.45, 7) is 3.91. The van der Waals surface area contributed by atoms with Crippen molar-refractivity contribution in [3.05, 3.63) is 18.2 Å². The van der Waals surface area contributed by atoms with E-state index in [4.69, 9.17) is 10.5 Å². The molecule has 2 unspecified atom stereocenters. The first-order chi connectivity index (χ1) is 7.31. The summed E-state index contributed by atoms with van der Waals surface area (Å²) in [7, 11) is 0. The van der Waals surface area contributed by atoms with Gasteiger partial charge >= 0.3 is 0 Å². The standard InChI is InChI=1S/C11H19N3O/c1-2-14-6-5-13-11(14)10(12)8-9-4-3-7-15-9/h5-6,9-10H,2-4,7-8,12H2,1H3. The molecule has 15 heavy (non-hydrogen) atoms. The predicted molar refractivity (Wildman–Crippen MR) is 58.4 cm³/mol. The normalized spacial score (nSPS) is 23.2. The van der Waals surface area contributed by atoms with Crippen molar-refractivity contribution in [3.63, 3.8) is 0 Å². The number of rotatable bonds is 4. The number of aryl methyl sites for hydroxylation is 1. The molecule has 0 bridgehead atoms. The van der Waals surface area contributed by atoms with Crippen molar-refractivity contribution in [2.75, 3.05) is 6.61 Å². The molecule has 1 saturated heterocycles. The molecule has 4 heteroatoms. The van der Waals surface area contributed by atoms with Gasteiger partial charge in [0, 0.05) is 25.5 Å². The smallest absolute Gasteiger partial charge is 0.125 e. The molecule has 0 spiro atoms. The van der Waals surface area contributed by atoms with E-state index < -0.39 is 0 Å². The first-order valence-corrected chi connectivity index (χ1v) is 5.69. The molecular weight excluding hydrogens is 190 g/mol. The van der Waals surface area contributed by atoms with Gasteiger partial charge in [-0.15, -0.1) is 0 Å². The van der Waals surface area contributed by atoms with Crippen molar-refractivity contribution in [3.8, 4) is 0 Å². The number of nitrogens with two attached hydrogens (primary N) is 1. The Kier molecular flexibility index (Phi) is 3.38. The van der Waals surface area contributed by atoms with Gasteiger partial charge in [-0.05, 0) is 26.2 Å². The third-order valence-electron chi connectivity index (χ3n) is 2.96. The van der Waals surface area contributed by atoms with E-state index in [1.54, 1.807) is 0 Å². The lowest BCUT2D eigenvalue weighted by molar-refractivity contribution is 0.0973. The van der Waals surface area contributed by atoms with Crippen molar-refractivity contribution >= 4 is 0 Å². The van der Waals surface area contributed by atoms with Crippen LogP contribution in [0.3, 0.4) is 0 Å². The number of ether oxygens (including phenoxy) is 1. The Hall–Kier alpha value is -0.870. The average Bonchev–Trinajstić information content (AvgIpc) is 2.86. The second-order valence-electron chi connectivity index (χ2n) is 4.05. The summed E-state index contributed by atoms with van der Waals surface area (Å²) < 4.78 is 7.67. The van der Waals surface area contributed by atoms with Gasteiger partial charge in [0.2, 0.25) is 0 Å². The van der Waals surface area contributed by atoms with E-state index in [9.17, 15) is 0 Å². The van der Waals surface area contributed by atoms with Crippen LogP contribution < -0.4 is 5.73 Å². The quantitative estimate of drug-likeness (QED) is 0.817. The Balaban J connectivity index is 1.97. The molecule has 1 aromatic rings. The lowest BCUT2D eigenvalue weighted by atomic mass is 10.1. The maximum atomic E-state index is 6.13. The van der Waals surface area contributed by atoms with Crippen LogP contribution >= 0.6 is 0 Å². The molecule has 1 aliphatic heterocycles. The number of imidazole rings is 1. The fourth-order valence-electron chi connectivity index (χ4n) is 2.14. The summed E-state index contributed by atoms with van der Waals surface area (Å²) in [5.41, 5.74) is 6.13. The van der Waals surface area contributed by atoms with Crippen LogP contribution in [0.1, 0.15) is 38.1 Å². The van der Waals surface area contributed by atoms with Gasteiger partial charge < -0.3 is 15.0 Å². The molecule has 0 aliphatic carbocycles. The maximum Gasteiger partial charge on any atom is 0.125 e. The first-order valence-electron chi connectivity index (χ1n) is 5.69. The van der Waals surface area contributed by atoms with Gasteiger partial charge in [0.1, 0.15) is 5.82 Å². The molecule has 2 N–H and O–H groups in total. The zero-order chi connectivity index (χ0) is 10.7. The number of aromatic nitrogens is 2. The van der Waals surface area contributed by atoms with E-state index in [0.29, 0.717) is 6.10 Å². The molecule has 84 valence electrons. The molecule has 4 nitrogen and oxygen atoms in total. The Labute approximate surface area is 90.4 Å². The van der Waals surface area contributed by atoms with Gasteiger partial charge in [0.15, 0.2) is 0 Å². The molecule has 0 amide bonds. The molecule has 0 saturated carbocycles. The lowest BCUT2D eigenvalue weighted by Crippen LogP contribution is -2.21. The van der Waals surface area contributed by atoms with Crippen molar-refractivity contribution in [2.45, 2.75) is 44.9 Å². The van der Waals surface area contributed by atoms with Crippen molar-refractivity contribution in [1.82, 2.24) is 9.55 Å². The molecule has 0 radical (unpaired) electrons. The zero-order valence-electron chi connectivity index (χ0n) is 9.22. The lowest BCUT2D eigenvalue weighted by Gasteiger charge is -2.16. The van der Waals surface area contributed by atoms with Crippen LogP contribution in [0, 0.1) is 0 Å². The Morgan fingerprint density at radius 1 is 1.73 bits per heavy atom. The number of hydrogen-bond donors (Lipinski definition) is 1. The van der Waals surface area contributed by atoms with Gasteiger partial charge in [0.25, 0.3) is 0 Å². The maximum absolute atomic E-state index is 6.13. The molecular formula is C11H19N3O. The van der Waals surface area contributed by atoms with Crippen molar-refractivity contribution in [1.29, 1.82) is 0 Å². The van der Waals surface area contributed by atoms with Crippen molar-refractivity contribution in [2.24, 2.45) is 5.73 Å².